The van der Waals surface area contributed by atoms with Crippen LogP contribution in [0.15, 0.2) is 36.4 Å². The second-order valence-corrected chi connectivity index (χ2v) is 6.17. The molecule has 1 amide bonds. The predicted molar refractivity (Wildman–Crippen MR) is 98.7 cm³/mol. The third kappa shape index (κ3) is 4.14. The molecule has 4 nitrogen and oxygen atoms in total. The van der Waals surface area contributed by atoms with Crippen LogP contribution in [-0.4, -0.2) is 37.0 Å². The van der Waals surface area contributed by atoms with Crippen LogP contribution in [0.2, 0.25) is 0 Å². The van der Waals surface area contributed by atoms with Gasteiger partial charge in [-0.15, -0.1) is 12.4 Å². The molecule has 1 aliphatic rings. The second-order valence-electron chi connectivity index (χ2n) is 6.17. The zero-order valence-electron chi connectivity index (χ0n) is 14.4. The van der Waals surface area contributed by atoms with Gasteiger partial charge in [-0.25, -0.2) is 8.78 Å². The summed E-state index contributed by atoms with van der Waals surface area (Å²) in [6.07, 6.45) is 1.42. The number of piperidine rings is 1. The summed E-state index contributed by atoms with van der Waals surface area (Å²) in [6, 6.07) is 8.61. The van der Waals surface area contributed by atoms with Crippen LogP contribution in [0.1, 0.15) is 23.2 Å². The maximum Gasteiger partial charge on any atom is 0.256 e. The zero-order valence-corrected chi connectivity index (χ0v) is 15.2. The van der Waals surface area contributed by atoms with Crippen LogP contribution in [0.4, 0.5) is 8.78 Å². The molecule has 2 N–H and O–H groups in total. The fourth-order valence-corrected chi connectivity index (χ4v) is 2.99. The fourth-order valence-electron chi connectivity index (χ4n) is 2.99. The first kappa shape index (κ1) is 20.1. The van der Waals surface area contributed by atoms with Crippen molar-refractivity contribution in [2.45, 2.75) is 18.9 Å². The first-order valence-corrected chi connectivity index (χ1v) is 8.18. The molecule has 0 unspecified atom stereocenters. The predicted octanol–water partition coefficient (Wildman–Crippen LogP) is 3.63. The highest BCUT2D eigenvalue weighted by atomic mass is 35.5. The molecule has 140 valence electrons. The van der Waals surface area contributed by atoms with Crippen LogP contribution >= 0.6 is 12.4 Å². The molecule has 2 aromatic rings. The topological polar surface area (TPSA) is 55.6 Å². The van der Waals surface area contributed by atoms with Gasteiger partial charge in [0.15, 0.2) is 0 Å². The Morgan fingerprint density at radius 1 is 1.12 bits per heavy atom. The van der Waals surface area contributed by atoms with Crippen molar-refractivity contribution >= 4 is 18.3 Å². The van der Waals surface area contributed by atoms with Gasteiger partial charge in [-0.05, 0) is 42.7 Å². The zero-order chi connectivity index (χ0) is 18.0. The van der Waals surface area contributed by atoms with E-state index in [1.54, 1.807) is 17.0 Å². The Morgan fingerprint density at radius 3 is 2.38 bits per heavy atom. The fraction of sp³-hybridized carbons (Fsp3) is 0.316. The minimum atomic E-state index is -0.660. The van der Waals surface area contributed by atoms with Gasteiger partial charge in [0, 0.05) is 30.8 Å². The van der Waals surface area contributed by atoms with Crippen molar-refractivity contribution in [3.8, 4) is 16.9 Å². The molecule has 0 aromatic heterocycles. The summed E-state index contributed by atoms with van der Waals surface area (Å²) in [6.45, 7) is 1.04. The van der Waals surface area contributed by atoms with Crippen LogP contribution in [0.25, 0.3) is 11.1 Å². The maximum absolute atomic E-state index is 14.5. The molecule has 1 aliphatic heterocycles. The van der Waals surface area contributed by atoms with E-state index in [2.05, 4.69) is 0 Å². The number of amides is 1. The minimum absolute atomic E-state index is 0. The Bertz CT molecular complexity index is 793. The molecule has 0 spiro atoms. The number of methoxy groups -OCH3 is 1. The van der Waals surface area contributed by atoms with Crippen LogP contribution in [-0.2, 0) is 0 Å². The second kappa shape index (κ2) is 8.47. The first-order valence-electron chi connectivity index (χ1n) is 8.18. The van der Waals surface area contributed by atoms with Gasteiger partial charge in [0.1, 0.15) is 17.4 Å². The highest BCUT2D eigenvalue weighted by molar-refractivity contribution is 5.95. The van der Waals surface area contributed by atoms with Gasteiger partial charge in [0.25, 0.3) is 5.91 Å². The van der Waals surface area contributed by atoms with E-state index in [9.17, 15) is 13.6 Å². The quantitative estimate of drug-likeness (QED) is 0.882. The van der Waals surface area contributed by atoms with E-state index in [1.165, 1.54) is 31.4 Å². The summed E-state index contributed by atoms with van der Waals surface area (Å²) < 4.78 is 33.6. The molecule has 1 saturated heterocycles. The van der Waals surface area contributed by atoms with Gasteiger partial charge < -0.3 is 15.4 Å². The highest BCUT2D eigenvalue weighted by Crippen LogP contribution is 2.28. The number of hydrogen-bond donors (Lipinski definition) is 1. The lowest BCUT2D eigenvalue weighted by atomic mass is 10.0. The standard InChI is InChI=1S/C19H20F2N2O2.ClH/c1-25-14-3-5-15(18(21)11-14)12-2-4-16(17(20)10-12)19(24)23-8-6-13(22)7-9-23;/h2-5,10-11,13H,6-9,22H2,1H3;1H. The average Bonchev–Trinajstić information content (AvgIpc) is 2.61. The van der Waals surface area contributed by atoms with E-state index < -0.39 is 11.6 Å². The molecule has 0 bridgehead atoms. The van der Waals surface area contributed by atoms with E-state index in [0.717, 1.165) is 0 Å². The van der Waals surface area contributed by atoms with Crippen molar-refractivity contribution in [1.82, 2.24) is 4.90 Å². The molecule has 0 aliphatic carbocycles. The number of carbonyl (C=O) groups excluding carboxylic acids is 1. The van der Waals surface area contributed by atoms with E-state index in [-0.39, 0.29) is 35.5 Å². The third-order valence-electron chi connectivity index (χ3n) is 4.51. The van der Waals surface area contributed by atoms with E-state index in [4.69, 9.17) is 10.5 Å². The lowest BCUT2D eigenvalue weighted by Crippen LogP contribution is -2.43. The number of carbonyl (C=O) groups is 1. The number of nitrogens with zero attached hydrogens (tertiary/aromatic N) is 1. The Labute approximate surface area is 157 Å². The number of ether oxygens (including phenoxy) is 1. The van der Waals surface area contributed by atoms with Gasteiger partial charge in [0.05, 0.1) is 12.7 Å². The maximum atomic E-state index is 14.5. The van der Waals surface area contributed by atoms with Crippen LogP contribution < -0.4 is 10.5 Å². The summed E-state index contributed by atoms with van der Waals surface area (Å²) in [7, 11) is 1.45. The van der Waals surface area contributed by atoms with Crippen LogP contribution in [0, 0.1) is 11.6 Å². The Morgan fingerprint density at radius 2 is 1.81 bits per heavy atom. The Hall–Kier alpha value is -2.18. The van der Waals surface area contributed by atoms with Crippen molar-refractivity contribution in [2.75, 3.05) is 20.2 Å². The van der Waals surface area contributed by atoms with Crippen molar-refractivity contribution in [3.05, 3.63) is 53.6 Å². The molecular formula is C19H21ClF2N2O2. The SMILES string of the molecule is COc1ccc(-c2ccc(C(=O)N3CCC(N)CC3)c(F)c2)c(F)c1.Cl. The smallest absolute Gasteiger partial charge is 0.256 e. The lowest BCUT2D eigenvalue weighted by Gasteiger charge is -2.30. The molecule has 7 heteroatoms. The summed E-state index contributed by atoms with van der Waals surface area (Å²) >= 11 is 0. The summed E-state index contributed by atoms with van der Waals surface area (Å²) in [5.74, 6) is -1.14. The molecule has 0 saturated carbocycles. The average molecular weight is 383 g/mol. The molecular weight excluding hydrogens is 362 g/mol. The molecule has 26 heavy (non-hydrogen) atoms. The number of halogens is 3. The normalized spacial score (nSPS) is 14.7. The largest absolute Gasteiger partial charge is 0.497 e. The number of hydrogen-bond acceptors (Lipinski definition) is 3. The molecule has 1 fully saturated rings. The van der Waals surface area contributed by atoms with E-state index in [1.807, 2.05) is 0 Å². The molecule has 0 atom stereocenters. The summed E-state index contributed by atoms with van der Waals surface area (Å²) in [5, 5.41) is 0. The molecule has 1 heterocycles. The highest BCUT2D eigenvalue weighted by Gasteiger charge is 2.24. The van der Waals surface area contributed by atoms with E-state index >= 15 is 0 Å². The number of rotatable bonds is 3. The number of nitrogens with two attached hydrogens (primary N) is 1. The van der Waals surface area contributed by atoms with Crippen molar-refractivity contribution < 1.29 is 18.3 Å². The lowest BCUT2D eigenvalue weighted by molar-refractivity contribution is 0.0710. The molecule has 3 rings (SSSR count). The van der Waals surface area contributed by atoms with Gasteiger partial charge >= 0.3 is 0 Å². The summed E-state index contributed by atoms with van der Waals surface area (Å²) in [5.41, 5.74) is 6.44. The first-order chi connectivity index (χ1) is 12.0. The number of benzene rings is 2. The van der Waals surface area contributed by atoms with Crippen LogP contribution in [0.5, 0.6) is 5.75 Å². The molecule has 0 radical (unpaired) electrons. The Balaban J connectivity index is 0.00000243. The van der Waals surface area contributed by atoms with E-state index in [0.29, 0.717) is 37.2 Å². The van der Waals surface area contributed by atoms with Gasteiger partial charge in [-0.3, -0.25) is 4.79 Å². The Kier molecular flexibility index (Phi) is 6.56. The van der Waals surface area contributed by atoms with Crippen molar-refractivity contribution in [1.29, 1.82) is 0 Å². The van der Waals surface area contributed by atoms with Gasteiger partial charge in [-0.2, -0.15) is 0 Å². The minimum Gasteiger partial charge on any atom is -0.497 e. The monoisotopic (exact) mass is 382 g/mol. The summed E-state index contributed by atoms with van der Waals surface area (Å²) in [4.78, 5) is 14.1. The third-order valence-corrected chi connectivity index (χ3v) is 4.51. The van der Waals surface area contributed by atoms with Crippen molar-refractivity contribution in [3.63, 3.8) is 0 Å². The van der Waals surface area contributed by atoms with Gasteiger partial charge in [0.2, 0.25) is 0 Å². The number of likely N-dealkylation sites (tertiary alicyclic amines) is 1. The van der Waals surface area contributed by atoms with Crippen LogP contribution in [0.3, 0.4) is 0 Å². The van der Waals surface area contributed by atoms with Gasteiger partial charge in [-0.1, -0.05) is 6.07 Å². The molecule has 2 aromatic carbocycles. The van der Waals surface area contributed by atoms with Crippen molar-refractivity contribution in [2.24, 2.45) is 5.73 Å².